The maximum absolute atomic E-state index is 5.77. The molecule has 0 saturated carbocycles. The summed E-state index contributed by atoms with van der Waals surface area (Å²) in [5.74, 6) is 2.67. The summed E-state index contributed by atoms with van der Waals surface area (Å²) in [5.41, 5.74) is 0. The second-order valence-corrected chi connectivity index (χ2v) is 4.69. The minimum absolute atomic E-state index is 0.0477. The predicted octanol–water partition coefficient (Wildman–Crippen LogP) is 1.73. The van der Waals surface area contributed by atoms with Gasteiger partial charge in [0.05, 0.1) is 32.5 Å². The van der Waals surface area contributed by atoms with Crippen molar-refractivity contribution >= 4 is 0 Å². The zero-order valence-electron chi connectivity index (χ0n) is 10.8. The van der Waals surface area contributed by atoms with E-state index in [4.69, 9.17) is 25.4 Å². The molecule has 0 aromatic heterocycles. The van der Waals surface area contributed by atoms with Gasteiger partial charge in [-0.25, -0.2) is 0 Å². The Morgan fingerprint density at radius 3 is 2.44 bits per heavy atom. The zero-order valence-corrected chi connectivity index (χ0v) is 10.8. The van der Waals surface area contributed by atoms with Crippen LogP contribution in [0.25, 0.3) is 0 Å². The highest BCUT2D eigenvalue weighted by molar-refractivity contribution is 4.83. The highest BCUT2D eigenvalue weighted by atomic mass is 16.7. The molecule has 0 amide bonds. The van der Waals surface area contributed by atoms with Gasteiger partial charge in [-0.3, -0.25) is 0 Å². The van der Waals surface area contributed by atoms with Gasteiger partial charge in [0, 0.05) is 6.42 Å². The minimum atomic E-state index is -0.186. The summed E-state index contributed by atoms with van der Waals surface area (Å²) in [4.78, 5) is 0. The van der Waals surface area contributed by atoms with Gasteiger partial charge in [-0.1, -0.05) is 0 Å². The third-order valence-corrected chi connectivity index (χ3v) is 3.34. The first kappa shape index (κ1) is 13.8. The summed E-state index contributed by atoms with van der Waals surface area (Å²) in [6.07, 6.45) is 10.2. The molecule has 2 saturated heterocycles. The average molecular weight is 254 g/mol. The van der Waals surface area contributed by atoms with E-state index in [9.17, 15) is 0 Å². The van der Waals surface area contributed by atoms with E-state index in [2.05, 4.69) is 5.92 Å². The van der Waals surface area contributed by atoms with Crippen molar-refractivity contribution in [1.29, 1.82) is 0 Å². The molecular formula is C14H22O4. The largest absolute Gasteiger partial charge is 0.376 e. The van der Waals surface area contributed by atoms with Crippen LogP contribution in [0.15, 0.2) is 0 Å². The monoisotopic (exact) mass is 254 g/mol. The summed E-state index contributed by atoms with van der Waals surface area (Å²) >= 11 is 0. The number of ether oxygens (including phenoxy) is 4. The van der Waals surface area contributed by atoms with Crippen LogP contribution >= 0.6 is 0 Å². The molecule has 2 fully saturated rings. The van der Waals surface area contributed by atoms with Gasteiger partial charge >= 0.3 is 0 Å². The molecule has 2 atom stereocenters. The van der Waals surface area contributed by atoms with Crippen LogP contribution in [0, 0.1) is 12.3 Å². The molecule has 0 spiro atoms. The van der Waals surface area contributed by atoms with Crippen LogP contribution in [-0.4, -0.2) is 44.9 Å². The summed E-state index contributed by atoms with van der Waals surface area (Å²) < 4.78 is 22.5. The van der Waals surface area contributed by atoms with Crippen LogP contribution < -0.4 is 0 Å². The van der Waals surface area contributed by atoms with Crippen LogP contribution in [0.2, 0.25) is 0 Å². The summed E-state index contributed by atoms with van der Waals surface area (Å²) in [5, 5.41) is 0. The molecule has 4 nitrogen and oxygen atoms in total. The zero-order chi connectivity index (χ0) is 12.6. The Morgan fingerprint density at radius 2 is 1.67 bits per heavy atom. The molecular weight excluding hydrogens is 232 g/mol. The van der Waals surface area contributed by atoms with Crippen molar-refractivity contribution in [2.24, 2.45) is 0 Å². The van der Waals surface area contributed by atoms with Gasteiger partial charge in [-0.05, 0) is 25.7 Å². The van der Waals surface area contributed by atoms with E-state index in [1.54, 1.807) is 0 Å². The molecule has 102 valence electrons. The van der Waals surface area contributed by atoms with Crippen LogP contribution in [0.4, 0.5) is 0 Å². The minimum Gasteiger partial charge on any atom is -0.376 e. The molecule has 2 aliphatic heterocycles. The molecule has 0 bridgehead atoms. The Kier molecular flexibility index (Phi) is 5.95. The van der Waals surface area contributed by atoms with Gasteiger partial charge in [-0.15, -0.1) is 12.3 Å². The number of hydrogen-bond acceptors (Lipinski definition) is 4. The fourth-order valence-corrected chi connectivity index (χ4v) is 2.40. The first-order valence-electron chi connectivity index (χ1n) is 6.80. The van der Waals surface area contributed by atoms with Gasteiger partial charge in [-0.2, -0.15) is 0 Å². The average Bonchev–Trinajstić information content (AvgIpc) is 2.86. The fourth-order valence-electron chi connectivity index (χ4n) is 2.40. The number of rotatable bonds is 4. The van der Waals surface area contributed by atoms with E-state index in [-0.39, 0.29) is 12.4 Å². The number of unbranched alkanes of at least 4 members (excludes halogenated alkanes) is 1. The second kappa shape index (κ2) is 7.75. The normalized spacial score (nSPS) is 30.6. The molecule has 2 aliphatic rings. The quantitative estimate of drug-likeness (QED) is 0.565. The first-order valence-corrected chi connectivity index (χ1v) is 6.80. The van der Waals surface area contributed by atoms with Gasteiger partial charge < -0.3 is 18.9 Å². The standard InChI is InChI=1S/C14H22O4/c1-2-3-4-5-12-6-7-13(16-9-8-15-12)14-17-10-11-18-14/h1,12-14H,3-11H2. The van der Waals surface area contributed by atoms with E-state index in [1.807, 2.05) is 0 Å². The molecule has 2 heterocycles. The topological polar surface area (TPSA) is 36.9 Å². The summed E-state index contributed by atoms with van der Waals surface area (Å²) in [7, 11) is 0. The summed E-state index contributed by atoms with van der Waals surface area (Å²) in [6, 6.07) is 0. The third-order valence-electron chi connectivity index (χ3n) is 3.34. The lowest BCUT2D eigenvalue weighted by Crippen LogP contribution is -2.34. The highest BCUT2D eigenvalue weighted by Crippen LogP contribution is 2.21. The van der Waals surface area contributed by atoms with Gasteiger partial charge in [0.25, 0.3) is 0 Å². The Labute approximate surface area is 109 Å². The van der Waals surface area contributed by atoms with E-state index < -0.39 is 0 Å². The van der Waals surface area contributed by atoms with Crippen molar-refractivity contribution in [2.45, 2.75) is 50.6 Å². The van der Waals surface area contributed by atoms with Crippen LogP contribution in [0.5, 0.6) is 0 Å². The third kappa shape index (κ3) is 4.25. The SMILES string of the molecule is C#CCCCC1CCC(C2OCCO2)OCCO1. The van der Waals surface area contributed by atoms with Crippen molar-refractivity contribution in [3.8, 4) is 12.3 Å². The van der Waals surface area contributed by atoms with E-state index >= 15 is 0 Å². The maximum Gasteiger partial charge on any atom is 0.183 e. The summed E-state index contributed by atoms with van der Waals surface area (Å²) in [6.45, 7) is 2.60. The molecule has 0 N–H and O–H groups in total. The lowest BCUT2D eigenvalue weighted by molar-refractivity contribution is -0.165. The molecule has 0 radical (unpaired) electrons. The van der Waals surface area contributed by atoms with Gasteiger partial charge in [0.2, 0.25) is 0 Å². The number of hydrogen-bond donors (Lipinski definition) is 0. The fraction of sp³-hybridized carbons (Fsp3) is 0.857. The molecule has 18 heavy (non-hydrogen) atoms. The first-order chi connectivity index (χ1) is 8.90. The van der Waals surface area contributed by atoms with Crippen molar-refractivity contribution in [2.75, 3.05) is 26.4 Å². The Balaban J connectivity index is 1.74. The highest BCUT2D eigenvalue weighted by Gasteiger charge is 2.29. The van der Waals surface area contributed by atoms with Gasteiger partial charge in [0.15, 0.2) is 6.29 Å². The smallest absolute Gasteiger partial charge is 0.183 e. The van der Waals surface area contributed by atoms with Crippen molar-refractivity contribution in [1.82, 2.24) is 0 Å². The van der Waals surface area contributed by atoms with Crippen molar-refractivity contribution in [3.05, 3.63) is 0 Å². The van der Waals surface area contributed by atoms with Crippen LogP contribution in [0.1, 0.15) is 32.1 Å². The Hall–Kier alpha value is -0.600. The second-order valence-electron chi connectivity index (χ2n) is 4.69. The Morgan fingerprint density at radius 1 is 0.944 bits per heavy atom. The molecule has 4 heteroatoms. The molecule has 0 aromatic carbocycles. The van der Waals surface area contributed by atoms with E-state index in [0.717, 1.165) is 32.1 Å². The molecule has 0 aliphatic carbocycles. The predicted molar refractivity (Wildman–Crippen MR) is 67.1 cm³/mol. The Bertz CT molecular complexity index is 267. The molecule has 0 aromatic rings. The van der Waals surface area contributed by atoms with E-state index in [1.165, 1.54) is 0 Å². The lowest BCUT2D eigenvalue weighted by atomic mass is 10.0. The van der Waals surface area contributed by atoms with Crippen molar-refractivity contribution < 1.29 is 18.9 Å². The van der Waals surface area contributed by atoms with E-state index in [0.29, 0.717) is 32.5 Å². The van der Waals surface area contributed by atoms with Crippen molar-refractivity contribution in [3.63, 3.8) is 0 Å². The number of terminal acetylenes is 1. The lowest BCUT2D eigenvalue weighted by Gasteiger charge is -2.28. The molecule has 2 rings (SSSR count). The van der Waals surface area contributed by atoms with Crippen LogP contribution in [-0.2, 0) is 18.9 Å². The van der Waals surface area contributed by atoms with Gasteiger partial charge in [0.1, 0.15) is 6.10 Å². The molecule has 2 unspecified atom stereocenters. The van der Waals surface area contributed by atoms with Crippen LogP contribution in [0.3, 0.4) is 0 Å². The maximum atomic E-state index is 5.77.